The van der Waals surface area contributed by atoms with Crippen molar-refractivity contribution in [1.29, 1.82) is 0 Å². The average molecular weight is 305 g/mol. The highest BCUT2D eigenvalue weighted by molar-refractivity contribution is 5.99. The third-order valence-corrected chi connectivity index (χ3v) is 3.43. The number of benzene rings is 1. The van der Waals surface area contributed by atoms with Crippen LogP contribution in [0.4, 0.5) is 11.4 Å². The SMILES string of the molecule is CCCC(=O)Nc1ccc2c(c1)OCC(=O)N2CCN(C)C. The van der Waals surface area contributed by atoms with Gasteiger partial charge in [-0.25, -0.2) is 0 Å². The van der Waals surface area contributed by atoms with E-state index in [1.807, 2.05) is 32.0 Å². The summed E-state index contributed by atoms with van der Waals surface area (Å²) in [6.45, 7) is 3.39. The van der Waals surface area contributed by atoms with Crippen molar-refractivity contribution in [2.75, 3.05) is 44.0 Å². The number of fused-ring (bicyclic) bond motifs is 1. The zero-order chi connectivity index (χ0) is 16.1. The molecular weight excluding hydrogens is 282 g/mol. The Kier molecular flexibility index (Phi) is 5.38. The first kappa shape index (κ1) is 16.3. The topological polar surface area (TPSA) is 61.9 Å². The minimum atomic E-state index is -0.0443. The summed E-state index contributed by atoms with van der Waals surface area (Å²) >= 11 is 0. The fourth-order valence-electron chi connectivity index (χ4n) is 2.28. The van der Waals surface area contributed by atoms with Crippen LogP contribution in [0.3, 0.4) is 0 Å². The van der Waals surface area contributed by atoms with E-state index in [1.165, 1.54) is 0 Å². The van der Waals surface area contributed by atoms with Gasteiger partial charge in [-0.3, -0.25) is 9.59 Å². The summed E-state index contributed by atoms with van der Waals surface area (Å²) < 4.78 is 5.50. The van der Waals surface area contributed by atoms with E-state index >= 15 is 0 Å². The molecule has 22 heavy (non-hydrogen) atoms. The largest absolute Gasteiger partial charge is 0.481 e. The summed E-state index contributed by atoms with van der Waals surface area (Å²) in [7, 11) is 3.94. The zero-order valence-corrected chi connectivity index (χ0v) is 13.4. The average Bonchev–Trinajstić information content (AvgIpc) is 2.46. The van der Waals surface area contributed by atoms with Gasteiger partial charge in [-0.05, 0) is 32.6 Å². The minimum absolute atomic E-state index is 0.0150. The van der Waals surface area contributed by atoms with Gasteiger partial charge in [0, 0.05) is 31.3 Å². The highest BCUT2D eigenvalue weighted by atomic mass is 16.5. The molecule has 1 aliphatic heterocycles. The lowest BCUT2D eigenvalue weighted by Crippen LogP contribution is -2.42. The molecule has 0 spiro atoms. The fraction of sp³-hybridized carbons (Fsp3) is 0.500. The molecule has 6 heteroatoms. The minimum Gasteiger partial charge on any atom is -0.481 e. The van der Waals surface area contributed by atoms with Crippen molar-refractivity contribution < 1.29 is 14.3 Å². The first-order chi connectivity index (χ1) is 10.5. The molecule has 0 saturated carbocycles. The standard InChI is InChI=1S/C16H23N3O3/c1-4-5-15(20)17-12-6-7-13-14(10-12)22-11-16(21)19(13)9-8-18(2)3/h6-7,10H,4-5,8-9,11H2,1-3H3,(H,17,20). The summed E-state index contributed by atoms with van der Waals surface area (Å²) in [6, 6.07) is 5.40. The Labute approximate surface area is 131 Å². The van der Waals surface area contributed by atoms with E-state index in [2.05, 4.69) is 5.32 Å². The third-order valence-electron chi connectivity index (χ3n) is 3.43. The summed E-state index contributed by atoms with van der Waals surface area (Å²) in [4.78, 5) is 27.4. The monoisotopic (exact) mass is 305 g/mol. The van der Waals surface area contributed by atoms with Gasteiger partial charge in [-0.2, -0.15) is 0 Å². The Morgan fingerprint density at radius 3 is 2.86 bits per heavy atom. The molecule has 1 aromatic carbocycles. The van der Waals surface area contributed by atoms with Gasteiger partial charge >= 0.3 is 0 Å². The number of hydrogen-bond acceptors (Lipinski definition) is 4. The second kappa shape index (κ2) is 7.26. The summed E-state index contributed by atoms with van der Waals surface area (Å²) in [5.74, 6) is 0.573. The molecule has 0 aliphatic carbocycles. The van der Waals surface area contributed by atoms with E-state index in [1.54, 1.807) is 17.0 Å². The molecular formula is C16H23N3O3. The van der Waals surface area contributed by atoms with Crippen LogP contribution in [0.25, 0.3) is 0 Å². The van der Waals surface area contributed by atoms with Crippen molar-refractivity contribution in [3.05, 3.63) is 18.2 Å². The molecule has 0 unspecified atom stereocenters. The van der Waals surface area contributed by atoms with Crippen molar-refractivity contribution in [3.63, 3.8) is 0 Å². The Morgan fingerprint density at radius 1 is 1.41 bits per heavy atom. The van der Waals surface area contributed by atoms with Crippen LogP contribution in [0, 0.1) is 0 Å². The van der Waals surface area contributed by atoms with Gasteiger partial charge in [0.05, 0.1) is 5.69 Å². The predicted octanol–water partition coefficient (Wildman–Crippen LogP) is 1.71. The van der Waals surface area contributed by atoms with Crippen molar-refractivity contribution in [1.82, 2.24) is 4.90 Å². The van der Waals surface area contributed by atoms with E-state index in [0.29, 0.717) is 24.4 Å². The van der Waals surface area contributed by atoms with Gasteiger partial charge in [0.1, 0.15) is 5.75 Å². The molecule has 1 N–H and O–H groups in total. The summed E-state index contributed by atoms with van der Waals surface area (Å²) in [5, 5.41) is 2.84. The molecule has 1 aromatic rings. The fourth-order valence-corrected chi connectivity index (χ4v) is 2.28. The molecule has 2 amide bonds. The first-order valence-corrected chi connectivity index (χ1v) is 7.53. The number of anilines is 2. The number of rotatable bonds is 6. The van der Waals surface area contributed by atoms with Gasteiger partial charge in [0.2, 0.25) is 5.91 Å². The van der Waals surface area contributed by atoms with Crippen molar-refractivity contribution in [2.45, 2.75) is 19.8 Å². The number of hydrogen-bond donors (Lipinski definition) is 1. The second-order valence-electron chi connectivity index (χ2n) is 5.62. The first-order valence-electron chi connectivity index (χ1n) is 7.53. The maximum Gasteiger partial charge on any atom is 0.265 e. The molecule has 0 fully saturated rings. The van der Waals surface area contributed by atoms with Crippen molar-refractivity contribution in [3.8, 4) is 5.75 Å². The number of carbonyl (C=O) groups excluding carboxylic acids is 2. The molecule has 0 saturated heterocycles. The van der Waals surface area contributed by atoms with Crippen LogP contribution >= 0.6 is 0 Å². The smallest absolute Gasteiger partial charge is 0.265 e. The van der Waals surface area contributed by atoms with Crippen molar-refractivity contribution >= 4 is 23.2 Å². The van der Waals surface area contributed by atoms with Crippen LogP contribution in [0.15, 0.2) is 18.2 Å². The number of likely N-dealkylation sites (N-methyl/N-ethyl adjacent to an activating group) is 1. The maximum absolute atomic E-state index is 12.0. The van der Waals surface area contributed by atoms with Crippen LogP contribution in [0.2, 0.25) is 0 Å². The van der Waals surface area contributed by atoms with Crippen LogP contribution < -0.4 is 15.0 Å². The van der Waals surface area contributed by atoms with Crippen LogP contribution in [0.5, 0.6) is 5.75 Å². The molecule has 2 rings (SSSR count). The highest BCUT2D eigenvalue weighted by Gasteiger charge is 2.25. The predicted molar refractivity (Wildman–Crippen MR) is 86.4 cm³/mol. The van der Waals surface area contributed by atoms with E-state index < -0.39 is 0 Å². The van der Waals surface area contributed by atoms with Crippen LogP contribution in [0.1, 0.15) is 19.8 Å². The van der Waals surface area contributed by atoms with Crippen LogP contribution in [-0.2, 0) is 9.59 Å². The third kappa shape index (κ3) is 3.98. The lowest BCUT2D eigenvalue weighted by atomic mass is 10.2. The van der Waals surface area contributed by atoms with E-state index in [0.717, 1.165) is 18.7 Å². The van der Waals surface area contributed by atoms with Crippen molar-refractivity contribution in [2.24, 2.45) is 0 Å². The van der Waals surface area contributed by atoms with Gasteiger partial charge in [0.25, 0.3) is 5.91 Å². The summed E-state index contributed by atoms with van der Waals surface area (Å²) in [6.07, 6.45) is 1.30. The lowest BCUT2D eigenvalue weighted by Gasteiger charge is -2.30. The van der Waals surface area contributed by atoms with E-state index in [4.69, 9.17) is 4.74 Å². The Hall–Kier alpha value is -2.08. The Morgan fingerprint density at radius 2 is 2.18 bits per heavy atom. The Bertz CT molecular complexity index is 558. The molecule has 6 nitrogen and oxygen atoms in total. The molecule has 1 heterocycles. The second-order valence-corrected chi connectivity index (χ2v) is 5.62. The number of ether oxygens (including phenoxy) is 1. The molecule has 0 aromatic heterocycles. The number of carbonyl (C=O) groups is 2. The Balaban J connectivity index is 2.15. The molecule has 0 atom stereocenters. The highest BCUT2D eigenvalue weighted by Crippen LogP contribution is 2.34. The van der Waals surface area contributed by atoms with Gasteiger partial charge in [-0.15, -0.1) is 0 Å². The maximum atomic E-state index is 12.0. The van der Waals surface area contributed by atoms with E-state index in [-0.39, 0.29) is 18.4 Å². The van der Waals surface area contributed by atoms with Crippen LogP contribution in [-0.4, -0.2) is 50.5 Å². The number of nitrogens with zero attached hydrogens (tertiary/aromatic N) is 2. The van der Waals surface area contributed by atoms with Gasteiger partial charge in [-0.1, -0.05) is 6.92 Å². The number of nitrogens with one attached hydrogen (secondary N) is 1. The quantitative estimate of drug-likeness (QED) is 0.869. The molecule has 120 valence electrons. The molecule has 1 aliphatic rings. The number of amides is 2. The summed E-state index contributed by atoms with van der Waals surface area (Å²) in [5.41, 5.74) is 1.45. The normalized spacial score (nSPS) is 13.8. The van der Waals surface area contributed by atoms with Gasteiger partial charge < -0.3 is 19.9 Å². The van der Waals surface area contributed by atoms with E-state index in [9.17, 15) is 9.59 Å². The van der Waals surface area contributed by atoms with Gasteiger partial charge in [0.15, 0.2) is 6.61 Å². The zero-order valence-electron chi connectivity index (χ0n) is 13.4. The lowest BCUT2D eigenvalue weighted by molar-refractivity contribution is -0.121. The molecule has 0 radical (unpaired) electrons. The molecule has 0 bridgehead atoms.